The van der Waals surface area contributed by atoms with Crippen molar-refractivity contribution >= 4 is 5.69 Å². The normalized spacial score (nSPS) is 16.1. The minimum absolute atomic E-state index is 0.219. The molecule has 0 radical (unpaired) electrons. The van der Waals surface area contributed by atoms with Gasteiger partial charge in [0.25, 0.3) is 0 Å². The Kier molecular flexibility index (Phi) is 6.32. The summed E-state index contributed by atoms with van der Waals surface area (Å²) in [7, 11) is 0. The number of rotatable bonds is 6. The van der Waals surface area contributed by atoms with Crippen molar-refractivity contribution in [2.24, 2.45) is 5.92 Å². The van der Waals surface area contributed by atoms with Gasteiger partial charge in [0.1, 0.15) is 5.82 Å². The zero-order valence-corrected chi connectivity index (χ0v) is 18.8. The summed E-state index contributed by atoms with van der Waals surface area (Å²) in [6.45, 7) is 13.5. The number of tetrazole rings is 1. The lowest BCUT2D eigenvalue weighted by molar-refractivity contribution is -0.937. The molecule has 31 heavy (non-hydrogen) atoms. The van der Waals surface area contributed by atoms with Crippen LogP contribution in [0.15, 0.2) is 42.5 Å². The van der Waals surface area contributed by atoms with E-state index in [-0.39, 0.29) is 11.9 Å². The number of quaternary nitrogens is 1. The second-order valence-corrected chi connectivity index (χ2v) is 8.98. The van der Waals surface area contributed by atoms with Crippen LogP contribution in [0.25, 0.3) is 0 Å². The van der Waals surface area contributed by atoms with Crippen LogP contribution >= 0.6 is 0 Å². The van der Waals surface area contributed by atoms with Crippen molar-refractivity contribution in [1.29, 1.82) is 0 Å². The highest BCUT2D eigenvalue weighted by Gasteiger charge is 2.35. The maximum absolute atomic E-state index is 13.3. The van der Waals surface area contributed by atoms with Gasteiger partial charge in [-0.05, 0) is 59.2 Å². The summed E-state index contributed by atoms with van der Waals surface area (Å²) in [5, 5.41) is 12.7. The molecule has 0 saturated carbocycles. The van der Waals surface area contributed by atoms with Gasteiger partial charge in [0.15, 0.2) is 6.04 Å². The predicted molar refractivity (Wildman–Crippen MR) is 120 cm³/mol. The van der Waals surface area contributed by atoms with E-state index in [0.717, 1.165) is 37.6 Å². The van der Waals surface area contributed by atoms with E-state index in [1.54, 1.807) is 12.1 Å². The fourth-order valence-electron chi connectivity index (χ4n) is 4.67. The Balaban J connectivity index is 1.50. The number of benzene rings is 2. The smallest absolute Gasteiger partial charge is 0.209 e. The molecule has 1 saturated heterocycles. The Hall–Kier alpha value is -2.80. The first kappa shape index (κ1) is 21.4. The molecule has 1 N–H and O–H groups in total. The summed E-state index contributed by atoms with van der Waals surface area (Å²) >= 11 is 0. The summed E-state index contributed by atoms with van der Waals surface area (Å²) in [6, 6.07) is 13.5. The van der Waals surface area contributed by atoms with Gasteiger partial charge in [-0.3, -0.25) is 0 Å². The number of halogens is 1. The minimum Gasteiger partial charge on any atom is -0.360 e. The Bertz CT molecular complexity index is 1010. The van der Waals surface area contributed by atoms with Crippen molar-refractivity contribution < 1.29 is 9.29 Å². The molecule has 1 aliphatic heterocycles. The number of hydrogen-bond donors (Lipinski definition) is 1. The molecule has 4 rings (SSSR count). The average molecular weight is 424 g/mol. The van der Waals surface area contributed by atoms with Crippen molar-refractivity contribution in [3.8, 4) is 0 Å². The van der Waals surface area contributed by atoms with Gasteiger partial charge in [-0.15, -0.1) is 5.10 Å². The van der Waals surface area contributed by atoms with Crippen LogP contribution in [0.5, 0.6) is 0 Å². The first-order valence-corrected chi connectivity index (χ1v) is 11.1. The van der Waals surface area contributed by atoms with Crippen LogP contribution in [0.2, 0.25) is 0 Å². The van der Waals surface area contributed by atoms with Gasteiger partial charge in [0.2, 0.25) is 5.82 Å². The van der Waals surface area contributed by atoms with Crippen LogP contribution in [-0.2, 0) is 6.54 Å². The molecule has 6 nitrogen and oxygen atoms in total. The standard InChI is InChI=1S/C24H31FN6/c1-17(2)23(24-26-27-28-31(24)16-20-7-9-21(25)10-8-20)30-13-11-29(12-14-30)22-15-18(3)5-6-19(22)4/h5-10,15,17,23H,11-14,16H2,1-4H3/p+1/t23-/m1/s1. The fourth-order valence-corrected chi connectivity index (χ4v) is 4.67. The van der Waals surface area contributed by atoms with E-state index in [2.05, 4.69) is 66.3 Å². The number of nitrogens with one attached hydrogen (secondary N) is 1. The summed E-state index contributed by atoms with van der Waals surface area (Å²) in [5.41, 5.74) is 4.97. The molecule has 1 atom stereocenters. The lowest BCUT2D eigenvalue weighted by Gasteiger charge is -2.39. The average Bonchev–Trinajstić information content (AvgIpc) is 3.19. The molecule has 1 aromatic heterocycles. The van der Waals surface area contributed by atoms with Crippen LogP contribution in [0.3, 0.4) is 0 Å². The highest BCUT2D eigenvalue weighted by Crippen LogP contribution is 2.23. The third-order valence-corrected chi connectivity index (χ3v) is 6.30. The summed E-state index contributed by atoms with van der Waals surface area (Å²) in [4.78, 5) is 4.02. The highest BCUT2D eigenvalue weighted by atomic mass is 19.1. The van der Waals surface area contributed by atoms with Gasteiger partial charge in [-0.2, -0.15) is 0 Å². The lowest BCUT2D eigenvalue weighted by atomic mass is 10.00. The molecular formula is C24H32FN6+. The van der Waals surface area contributed by atoms with Crippen molar-refractivity contribution in [1.82, 2.24) is 20.2 Å². The number of aryl methyl sites for hydroxylation is 2. The van der Waals surface area contributed by atoms with E-state index in [0.29, 0.717) is 12.5 Å². The third kappa shape index (κ3) is 4.77. The molecule has 1 fully saturated rings. The van der Waals surface area contributed by atoms with E-state index in [1.165, 1.54) is 33.8 Å². The maximum atomic E-state index is 13.3. The van der Waals surface area contributed by atoms with Crippen molar-refractivity contribution in [2.45, 2.75) is 40.3 Å². The summed E-state index contributed by atoms with van der Waals surface area (Å²) in [5.74, 6) is 1.08. The quantitative estimate of drug-likeness (QED) is 0.662. The van der Waals surface area contributed by atoms with Gasteiger partial charge in [-0.1, -0.05) is 38.1 Å². The molecule has 2 aromatic carbocycles. The van der Waals surface area contributed by atoms with Gasteiger partial charge < -0.3 is 9.80 Å². The molecule has 0 bridgehead atoms. The Labute approximate surface area is 183 Å². The Morgan fingerprint density at radius 2 is 1.74 bits per heavy atom. The summed E-state index contributed by atoms with van der Waals surface area (Å²) in [6.07, 6.45) is 0. The van der Waals surface area contributed by atoms with Crippen LogP contribution in [0, 0.1) is 25.6 Å². The van der Waals surface area contributed by atoms with E-state index in [9.17, 15) is 4.39 Å². The zero-order chi connectivity index (χ0) is 22.0. The highest BCUT2D eigenvalue weighted by molar-refractivity contribution is 5.55. The van der Waals surface area contributed by atoms with Crippen LogP contribution in [0.4, 0.5) is 10.1 Å². The van der Waals surface area contributed by atoms with Gasteiger partial charge >= 0.3 is 0 Å². The summed E-state index contributed by atoms with van der Waals surface area (Å²) < 4.78 is 15.1. The van der Waals surface area contributed by atoms with Crippen molar-refractivity contribution in [2.75, 3.05) is 31.1 Å². The van der Waals surface area contributed by atoms with Crippen LogP contribution in [-0.4, -0.2) is 46.4 Å². The topological polar surface area (TPSA) is 51.3 Å². The molecule has 164 valence electrons. The molecule has 3 aromatic rings. The van der Waals surface area contributed by atoms with Crippen molar-refractivity contribution in [3.05, 3.63) is 70.8 Å². The largest absolute Gasteiger partial charge is 0.360 e. The molecule has 7 heteroatoms. The second kappa shape index (κ2) is 9.14. The van der Waals surface area contributed by atoms with Gasteiger partial charge in [0.05, 0.1) is 32.7 Å². The second-order valence-electron chi connectivity index (χ2n) is 8.98. The molecular weight excluding hydrogens is 391 g/mol. The molecule has 2 heterocycles. The van der Waals surface area contributed by atoms with E-state index in [4.69, 9.17) is 0 Å². The first-order chi connectivity index (χ1) is 14.9. The number of nitrogens with zero attached hydrogens (tertiary/aromatic N) is 5. The fraction of sp³-hybridized carbons (Fsp3) is 0.458. The zero-order valence-electron chi connectivity index (χ0n) is 18.8. The number of anilines is 1. The molecule has 0 unspecified atom stereocenters. The molecule has 0 amide bonds. The third-order valence-electron chi connectivity index (χ3n) is 6.30. The van der Waals surface area contributed by atoms with Crippen molar-refractivity contribution in [3.63, 3.8) is 0 Å². The SMILES string of the molecule is Cc1ccc(C)c(N2CC[NH+]([C@@H](c3nnnn3Cc3ccc(F)cc3)C(C)C)CC2)c1. The molecule has 1 aliphatic rings. The van der Waals surface area contributed by atoms with E-state index >= 15 is 0 Å². The van der Waals surface area contributed by atoms with E-state index < -0.39 is 0 Å². The predicted octanol–water partition coefficient (Wildman–Crippen LogP) is 2.58. The number of hydrogen-bond acceptors (Lipinski definition) is 4. The number of aromatic nitrogens is 4. The maximum Gasteiger partial charge on any atom is 0.209 e. The van der Waals surface area contributed by atoms with E-state index in [1.807, 2.05) is 4.68 Å². The molecule has 0 spiro atoms. The van der Waals surface area contributed by atoms with Crippen LogP contribution in [0.1, 0.15) is 42.4 Å². The van der Waals surface area contributed by atoms with Gasteiger partial charge in [0, 0.05) is 11.6 Å². The lowest BCUT2D eigenvalue weighted by Crippen LogP contribution is -3.15. The first-order valence-electron chi connectivity index (χ1n) is 11.1. The van der Waals surface area contributed by atoms with Crippen LogP contribution < -0.4 is 9.80 Å². The number of piperazine rings is 1. The molecule has 0 aliphatic carbocycles. The minimum atomic E-state index is -0.230. The Morgan fingerprint density at radius 1 is 1.03 bits per heavy atom. The monoisotopic (exact) mass is 423 g/mol. The Morgan fingerprint density at radius 3 is 2.42 bits per heavy atom. The van der Waals surface area contributed by atoms with Gasteiger partial charge in [-0.25, -0.2) is 9.07 Å².